The highest BCUT2D eigenvalue weighted by molar-refractivity contribution is 5.99. The second kappa shape index (κ2) is 12.3. The molecule has 222 valence electrons. The van der Waals surface area contributed by atoms with Crippen LogP contribution in [0.25, 0.3) is 6.08 Å². The van der Waals surface area contributed by atoms with Crippen molar-refractivity contribution in [2.24, 2.45) is 0 Å². The predicted octanol–water partition coefficient (Wildman–Crippen LogP) is 5.65. The van der Waals surface area contributed by atoms with Gasteiger partial charge in [-0.25, -0.2) is 0 Å². The van der Waals surface area contributed by atoms with E-state index < -0.39 is 0 Å². The number of nitrogens with zero attached hydrogens (tertiary/aromatic N) is 3. The summed E-state index contributed by atoms with van der Waals surface area (Å²) < 4.78 is 11.0. The summed E-state index contributed by atoms with van der Waals surface area (Å²) in [4.78, 5) is 32.9. The van der Waals surface area contributed by atoms with E-state index in [1.165, 1.54) is 5.56 Å². The van der Waals surface area contributed by atoms with E-state index in [9.17, 15) is 9.59 Å². The molecule has 0 spiro atoms. The fourth-order valence-electron chi connectivity index (χ4n) is 6.01. The minimum atomic E-state index is -0.352. The van der Waals surface area contributed by atoms with Crippen molar-refractivity contribution >= 4 is 23.6 Å². The number of benzene rings is 4. The lowest BCUT2D eigenvalue weighted by Gasteiger charge is -2.34. The number of anilines is 1. The minimum Gasteiger partial charge on any atom is -0.454 e. The van der Waals surface area contributed by atoms with E-state index in [1.807, 2.05) is 94.7 Å². The summed E-state index contributed by atoms with van der Waals surface area (Å²) in [6.45, 7) is 4.58. The highest BCUT2D eigenvalue weighted by atomic mass is 16.7. The number of rotatable bonds is 8. The second-order valence-electron chi connectivity index (χ2n) is 11.2. The smallest absolute Gasteiger partial charge is 0.256 e. The molecule has 3 aliphatic heterocycles. The Morgan fingerprint density at radius 1 is 0.841 bits per heavy atom. The van der Waals surface area contributed by atoms with Crippen molar-refractivity contribution in [2.45, 2.75) is 12.7 Å². The molecule has 44 heavy (non-hydrogen) atoms. The summed E-state index contributed by atoms with van der Waals surface area (Å²) >= 11 is 0. The van der Waals surface area contributed by atoms with Crippen molar-refractivity contribution in [2.75, 3.05) is 44.8 Å². The van der Waals surface area contributed by atoms with Crippen LogP contribution in [0.5, 0.6) is 11.5 Å². The zero-order valence-electron chi connectivity index (χ0n) is 24.4. The molecule has 1 atom stereocenters. The number of piperazine rings is 1. The maximum atomic E-state index is 13.5. The first-order valence-electron chi connectivity index (χ1n) is 15.0. The summed E-state index contributed by atoms with van der Waals surface area (Å²) in [5.41, 5.74) is 5.26. The number of hydrogen-bond acceptors (Lipinski definition) is 6. The molecule has 2 amide bonds. The largest absolute Gasteiger partial charge is 0.454 e. The number of hydrogen-bond donors (Lipinski definition) is 1. The summed E-state index contributed by atoms with van der Waals surface area (Å²) in [7, 11) is 0. The van der Waals surface area contributed by atoms with Gasteiger partial charge < -0.3 is 24.6 Å². The highest BCUT2D eigenvalue weighted by Crippen LogP contribution is 2.38. The Labute approximate surface area is 257 Å². The number of amides is 2. The molecule has 3 aliphatic rings. The van der Waals surface area contributed by atoms with Crippen LogP contribution in [0.4, 0.5) is 5.69 Å². The minimum absolute atomic E-state index is 0.0303. The van der Waals surface area contributed by atoms with Crippen LogP contribution in [0.3, 0.4) is 0 Å². The maximum absolute atomic E-state index is 13.5. The van der Waals surface area contributed by atoms with Crippen LogP contribution >= 0.6 is 0 Å². The Morgan fingerprint density at radius 2 is 1.59 bits per heavy atom. The van der Waals surface area contributed by atoms with Gasteiger partial charge >= 0.3 is 0 Å². The molecule has 3 heterocycles. The van der Waals surface area contributed by atoms with Gasteiger partial charge in [-0.1, -0.05) is 66.7 Å². The Balaban J connectivity index is 0.987. The Kier molecular flexibility index (Phi) is 7.73. The molecule has 1 N–H and O–H groups in total. The molecule has 0 aliphatic carbocycles. The summed E-state index contributed by atoms with van der Waals surface area (Å²) in [5, 5.41) is 3.54. The molecular formula is C36H34N4O4. The Hall–Kier alpha value is -5.08. The standard InChI is InChI=1S/C36H34N4O4/c41-35(39-21-19-38(20-22-39)18-6-9-26-7-2-1-3-8-26)28-13-15-29(16-14-28)37-34-30-10-4-5-11-31(30)36(42)40(34)24-27-12-17-32-33(23-27)44-25-43-32/h1-17,23,34,37H,18-22,24-25H2/b9-6+/t34-/m1/s1. The third-order valence-corrected chi connectivity index (χ3v) is 8.42. The lowest BCUT2D eigenvalue weighted by molar-refractivity contribution is 0.0650. The topological polar surface area (TPSA) is 74.3 Å². The van der Waals surface area contributed by atoms with Crippen LogP contribution in [-0.4, -0.2) is 66.0 Å². The first-order valence-corrected chi connectivity index (χ1v) is 15.0. The van der Waals surface area contributed by atoms with Gasteiger partial charge in [0, 0.05) is 61.6 Å². The second-order valence-corrected chi connectivity index (χ2v) is 11.2. The molecule has 0 unspecified atom stereocenters. The van der Waals surface area contributed by atoms with Gasteiger partial charge in [0.2, 0.25) is 6.79 Å². The van der Waals surface area contributed by atoms with Crippen LogP contribution in [0.1, 0.15) is 43.6 Å². The van der Waals surface area contributed by atoms with Crippen molar-refractivity contribution in [3.8, 4) is 11.5 Å². The van der Waals surface area contributed by atoms with E-state index >= 15 is 0 Å². The lowest BCUT2D eigenvalue weighted by atomic mass is 10.1. The molecule has 1 fully saturated rings. The molecule has 1 saturated heterocycles. The fraction of sp³-hybridized carbons (Fsp3) is 0.222. The third kappa shape index (κ3) is 5.76. The molecule has 7 rings (SSSR count). The molecule has 0 aromatic heterocycles. The first kappa shape index (κ1) is 27.7. The summed E-state index contributed by atoms with van der Waals surface area (Å²) in [6.07, 6.45) is 3.98. The Morgan fingerprint density at radius 3 is 2.41 bits per heavy atom. The predicted molar refractivity (Wildman–Crippen MR) is 170 cm³/mol. The van der Waals surface area contributed by atoms with Crippen molar-refractivity contribution < 1.29 is 19.1 Å². The van der Waals surface area contributed by atoms with E-state index in [2.05, 4.69) is 34.5 Å². The van der Waals surface area contributed by atoms with E-state index in [0.29, 0.717) is 42.3 Å². The van der Waals surface area contributed by atoms with E-state index in [-0.39, 0.29) is 24.8 Å². The first-order chi connectivity index (χ1) is 21.6. The van der Waals surface area contributed by atoms with Gasteiger partial charge in [0.25, 0.3) is 11.8 Å². The van der Waals surface area contributed by atoms with Crippen molar-refractivity contribution in [1.82, 2.24) is 14.7 Å². The maximum Gasteiger partial charge on any atom is 0.256 e. The fourth-order valence-corrected chi connectivity index (χ4v) is 6.01. The molecule has 0 saturated carbocycles. The van der Waals surface area contributed by atoms with Crippen LogP contribution in [0.2, 0.25) is 0 Å². The molecule has 4 aromatic carbocycles. The van der Waals surface area contributed by atoms with Crippen LogP contribution in [-0.2, 0) is 6.54 Å². The number of carbonyl (C=O) groups excluding carboxylic acids is 2. The normalized spacial score (nSPS) is 17.7. The number of ether oxygens (including phenoxy) is 2. The van der Waals surface area contributed by atoms with Crippen molar-refractivity contribution in [3.05, 3.63) is 131 Å². The lowest BCUT2D eigenvalue weighted by Crippen LogP contribution is -2.48. The van der Waals surface area contributed by atoms with Gasteiger partial charge in [-0.3, -0.25) is 14.5 Å². The molecule has 4 aromatic rings. The van der Waals surface area contributed by atoms with Crippen molar-refractivity contribution in [1.29, 1.82) is 0 Å². The SMILES string of the molecule is O=C(c1ccc(N[C@H]2c3ccccc3C(=O)N2Cc2ccc3c(c2)OCO3)cc1)N1CCN(C/C=C/c2ccccc2)CC1. The Bertz CT molecular complexity index is 1680. The van der Waals surface area contributed by atoms with Crippen LogP contribution in [0.15, 0.2) is 103 Å². The van der Waals surface area contributed by atoms with E-state index in [0.717, 1.165) is 36.4 Å². The molecule has 0 bridgehead atoms. The molecule has 8 nitrogen and oxygen atoms in total. The van der Waals surface area contributed by atoms with Gasteiger partial charge in [0.15, 0.2) is 11.5 Å². The van der Waals surface area contributed by atoms with Gasteiger partial charge in [-0.05, 0) is 53.6 Å². The van der Waals surface area contributed by atoms with E-state index in [4.69, 9.17) is 9.47 Å². The summed E-state index contributed by atoms with van der Waals surface area (Å²) in [5.74, 6) is 1.42. The van der Waals surface area contributed by atoms with Gasteiger partial charge in [0.1, 0.15) is 6.17 Å². The highest BCUT2D eigenvalue weighted by Gasteiger charge is 2.36. The van der Waals surface area contributed by atoms with Crippen LogP contribution < -0.4 is 14.8 Å². The van der Waals surface area contributed by atoms with Crippen molar-refractivity contribution in [3.63, 3.8) is 0 Å². The molecule has 8 heteroatoms. The third-order valence-electron chi connectivity index (χ3n) is 8.42. The monoisotopic (exact) mass is 586 g/mol. The van der Waals surface area contributed by atoms with Crippen LogP contribution in [0, 0.1) is 0 Å². The quantitative estimate of drug-likeness (QED) is 0.288. The van der Waals surface area contributed by atoms with Gasteiger partial charge in [0.05, 0.1) is 0 Å². The van der Waals surface area contributed by atoms with E-state index in [1.54, 1.807) is 0 Å². The number of fused-ring (bicyclic) bond motifs is 2. The average molecular weight is 587 g/mol. The molecule has 0 radical (unpaired) electrons. The molecular weight excluding hydrogens is 552 g/mol. The van der Waals surface area contributed by atoms with Gasteiger partial charge in [-0.2, -0.15) is 0 Å². The van der Waals surface area contributed by atoms with Gasteiger partial charge in [-0.15, -0.1) is 0 Å². The zero-order chi connectivity index (χ0) is 29.9. The summed E-state index contributed by atoms with van der Waals surface area (Å²) in [6, 6.07) is 31.3. The number of nitrogens with one attached hydrogen (secondary N) is 1. The zero-order valence-corrected chi connectivity index (χ0v) is 24.4. The number of carbonyl (C=O) groups is 2. The average Bonchev–Trinajstić information content (AvgIpc) is 3.64.